The van der Waals surface area contributed by atoms with E-state index in [-0.39, 0.29) is 11.0 Å². The molecule has 2 nitrogen and oxygen atoms in total. The largest absolute Gasteiger partial charge is 0.331 e. The molecular formula is C58H50N2. The molecule has 1 atom stereocenters. The Bertz CT molecular complexity index is 3090. The lowest BCUT2D eigenvalue weighted by Crippen LogP contribution is -2.45. The highest BCUT2D eigenvalue weighted by Crippen LogP contribution is 2.56. The zero-order valence-electron chi connectivity index (χ0n) is 35.2. The molecule has 0 aliphatic heterocycles. The molecule has 292 valence electrons. The second kappa shape index (κ2) is 14.7. The summed E-state index contributed by atoms with van der Waals surface area (Å²) >= 11 is 0. The average Bonchev–Trinajstić information content (AvgIpc) is 3.52. The van der Waals surface area contributed by atoms with Crippen LogP contribution < -0.4 is 9.80 Å². The first-order valence-electron chi connectivity index (χ1n) is 21.5. The van der Waals surface area contributed by atoms with E-state index in [0.717, 1.165) is 17.8 Å². The van der Waals surface area contributed by atoms with Gasteiger partial charge in [0.1, 0.15) is 0 Å². The second-order valence-corrected chi connectivity index (χ2v) is 16.8. The van der Waals surface area contributed by atoms with Crippen LogP contribution in [0.25, 0.3) is 49.5 Å². The SMILES string of the molecule is CC.CC1(C)c2ccccc2-c2cc3c(N(c4ccccc4)c4ccc5ccccc5c4)c4ccccc4c(N(c4ccccc4)C4(C)C=Cc5ccccc5C4)c3cc21. The van der Waals surface area contributed by atoms with E-state index in [2.05, 4.69) is 231 Å². The number of para-hydroxylation sites is 2. The van der Waals surface area contributed by atoms with Crippen LogP contribution in [0.1, 0.15) is 56.9 Å². The molecule has 2 aliphatic rings. The number of nitrogens with zero attached hydrogens (tertiary/aromatic N) is 2. The number of fused-ring (bicyclic) bond motifs is 7. The van der Waals surface area contributed by atoms with Gasteiger partial charge in [0.25, 0.3) is 0 Å². The maximum Gasteiger partial charge on any atom is 0.0649 e. The molecule has 0 aromatic heterocycles. The van der Waals surface area contributed by atoms with Gasteiger partial charge in [-0.25, -0.2) is 0 Å². The zero-order chi connectivity index (χ0) is 41.0. The van der Waals surface area contributed by atoms with Crippen LogP contribution in [0.4, 0.5) is 28.4 Å². The van der Waals surface area contributed by atoms with E-state index in [1.807, 2.05) is 13.8 Å². The smallest absolute Gasteiger partial charge is 0.0649 e. The lowest BCUT2D eigenvalue weighted by Gasteiger charge is -2.45. The Hall–Kier alpha value is -6.90. The summed E-state index contributed by atoms with van der Waals surface area (Å²) in [5, 5.41) is 7.34. The van der Waals surface area contributed by atoms with E-state index in [1.54, 1.807) is 0 Å². The summed E-state index contributed by atoms with van der Waals surface area (Å²) in [6, 6.07) is 69.7. The number of hydrogen-bond acceptors (Lipinski definition) is 2. The van der Waals surface area contributed by atoms with Crippen molar-refractivity contribution in [2.45, 2.75) is 52.0 Å². The van der Waals surface area contributed by atoms with Crippen LogP contribution in [0.3, 0.4) is 0 Å². The summed E-state index contributed by atoms with van der Waals surface area (Å²) in [7, 11) is 0. The minimum atomic E-state index is -0.373. The van der Waals surface area contributed by atoms with E-state index >= 15 is 0 Å². The molecule has 0 heterocycles. The lowest BCUT2D eigenvalue weighted by atomic mass is 9.80. The molecule has 2 aliphatic carbocycles. The maximum atomic E-state index is 2.65. The Balaban J connectivity index is 0.00000213. The summed E-state index contributed by atoms with van der Waals surface area (Å²) in [5.74, 6) is 0. The minimum Gasteiger partial charge on any atom is -0.331 e. The molecule has 2 heteroatoms. The molecule has 0 amide bonds. The fraction of sp³-hybridized carbons (Fsp3) is 0.138. The minimum absolute atomic E-state index is 0.175. The molecule has 0 saturated heterocycles. The van der Waals surface area contributed by atoms with Gasteiger partial charge < -0.3 is 9.80 Å². The molecule has 0 spiro atoms. The highest BCUT2D eigenvalue weighted by Gasteiger charge is 2.40. The highest BCUT2D eigenvalue weighted by atomic mass is 15.2. The fourth-order valence-corrected chi connectivity index (χ4v) is 10.1. The molecule has 11 rings (SSSR count). The molecule has 9 aromatic carbocycles. The van der Waals surface area contributed by atoms with Crippen molar-refractivity contribution in [3.8, 4) is 11.1 Å². The summed E-state index contributed by atoms with van der Waals surface area (Å²) in [4.78, 5) is 5.16. The quantitative estimate of drug-likeness (QED) is 0.123. The van der Waals surface area contributed by atoms with Crippen LogP contribution in [0.15, 0.2) is 194 Å². The second-order valence-electron chi connectivity index (χ2n) is 16.8. The van der Waals surface area contributed by atoms with Crippen LogP contribution in [0, 0.1) is 0 Å². The van der Waals surface area contributed by atoms with Gasteiger partial charge in [-0.1, -0.05) is 179 Å². The first kappa shape index (κ1) is 37.4. The predicted molar refractivity (Wildman–Crippen MR) is 259 cm³/mol. The number of hydrogen-bond donors (Lipinski definition) is 0. The normalized spacial score (nSPS) is 15.8. The van der Waals surface area contributed by atoms with Crippen molar-refractivity contribution >= 4 is 66.8 Å². The van der Waals surface area contributed by atoms with Crippen molar-refractivity contribution in [2.24, 2.45) is 0 Å². The monoisotopic (exact) mass is 774 g/mol. The molecule has 0 saturated carbocycles. The third kappa shape index (κ3) is 5.93. The van der Waals surface area contributed by atoms with Crippen molar-refractivity contribution in [1.29, 1.82) is 0 Å². The van der Waals surface area contributed by atoms with E-state index in [0.29, 0.717) is 0 Å². The maximum absolute atomic E-state index is 2.65. The molecule has 0 radical (unpaired) electrons. The van der Waals surface area contributed by atoms with Crippen LogP contribution in [-0.4, -0.2) is 5.54 Å². The first-order chi connectivity index (χ1) is 29.4. The van der Waals surface area contributed by atoms with Crippen LogP contribution >= 0.6 is 0 Å². The third-order valence-corrected chi connectivity index (χ3v) is 12.9. The Morgan fingerprint density at radius 1 is 0.433 bits per heavy atom. The van der Waals surface area contributed by atoms with E-state index in [1.165, 1.54) is 82.8 Å². The standard InChI is InChI=1S/C56H44N2.C2H6/c1-55(2)51-29-17-16-26-45(51)48-35-49-50(36-52(48)55)54(58(43-24-8-5-9-25-43)56(3)33-32-39-19-11-13-21-41(39)37-56)47-28-15-14-27-46(47)53(49)57(42-22-6-4-7-23-42)44-31-30-38-18-10-12-20-40(38)34-44;1-2/h4-36H,37H2,1-3H3;1-2H3. The van der Waals surface area contributed by atoms with Gasteiger partial charge in [-0.3, -0.25) is 0 Å². The fourth-order valence-electron chi connectivity index (χ4n) is 10.1. The molecular weight excluding hydrogens is 725 g/mol. The summed E-state index contributed by atoms with van der Waals surface area (Å²) in [6.45, 7) is 11.2. The van der Waals surface area contributed by atoms with Crippen LogP contribution in [0.2, 0.25) is 0 Å². The first-order valence-corrected chi connectivity index (χ1v) is 21.5. The Kier molecular flexibility index (Phi) is 9.18. The summed E-state index contributed by atoms with van der Waals surface area (Å²) < 4.78 is 0. The van der Waals surface area contributed by atoms with Gasteiger partial charge in [0.2, 0.25) is 0 Å². The topological polar surface area (TPSA) is 6.48 Å². The molecule has 9 aromatic rings. The zero-order valence-corrected chi connectivity index (χ0v) is 35.2. The number of benzene rings is 9. The van der Waals surface area contributed by atoms with Crippen molar-refractivity contribution in [2.75, 3.05) is 9.80 Å². The Morgan fingerprint density at radius 2 is 1.03 bits per heavy atom. The molecule has 0 fully saturated rings. The summed E-state index contributed by atoms with van der Waals surface area (Å²) in [6.07, 6.45) is 5.65. The van der Waals surface area contributed by atoms with Gasteiger partial charge >= 0.3 is 0 Å². The van der Waals surface area contributed by atoms with Crippen molar-refractivity contribution in [3.05, 3.63) is 216 Å². The van der Waals surface area contributed by atoms with E-state index in [4.69, 9.17) is 0 Å². The van der Waals surface area contributed by atoms with Gasteiger partial charge in [-0.05, 0) is 106 Å². The van der Waals surface area contributed by atoms with Gasteiger partial charge in [0.15, 0.2) is 0 Å². The van der Waals surface area contributed by atoms with Crippen molar-refractivity contribution < 1.29 is 0 Å². The number of anilines is 5. The Morgan fingerprint density at radius 3 is 1.80 bits per heavy atom. The van der Waals surface area contributed by atoms with Gasteiger partial charge in [0, 0.05) is 44.0 Å². The Labute approximate surface area is 354 Å². The van der Waals surface area contributed by atoms with Gasteiger partial charge in [-0.15, -0.1) is 0 Å². The summed E-state index contributed by atoms with van der Waals surface area (Å²) in [5.41, 5.74) is 13.3. The lowest BCUT2D eigenvalue weighted by molar-refractivity contribution is 0.562. The molecule has 0 N–H and O–H groups in total. The number of rotatable bonds is 6. The van der Waals surface area contributed by atoms with Crippen LogP contribution in [-0.2, 0) is 11.8 Å². The van der Waals surface area contributed by atoms with Gasteiger partial charge in [-0.2, -0.15) is 0 Å². The van der Waals surface area contributed by atoms with Gasteiger partial charge in [0.05, 0.1) is 16.9 Å². The highest BCUT2D eigenvalue weighted by molar-refractivity contribution is 6.24. The average molecular weight is 775 g/mol. The van der Waals surface area contributed by atoms with Crippen molar-refractivity contribution in [1.82, 2.24) is 0 Å². The van der Waals surface area contributed by atoms with E-state index < -0.39 is 0 Å². The van der Waals surface area contributed by atoms with Crippen LogP contribution in [0.5, 0.6) is 0 Å². The van der Waals surface area contributed by atoms with E-state index in [9.17, 15) is 0 Å². The predicted octanol–water partition coefficient (Wildman–Crippen LogP) is 16.1. The molecule has 60 heavy (non-hydrogen) atoms. The van der Waals surface area contributed by atoms with Crippen molar-refractivity contribution in [3.63, 3.8) is 0 Å². The third-order valence-electron chi connectivity index (χ3n) is 12.9. The molecule has 0 bridgehead atoms. The molecule has 1 unspecified atom stereocenters.